The molecule has 1 aromatic carbocycles. The molecule has 1 aliphatic carbocycles. The molecule has 1 aliphatic rings. The van der Waals surface area contributed by atoms with Crippen LogP contribution in [0.15, 0.2) is 18.2 Å². The number of hydrogen-bond acceptors (Lipinski definition) is 6. The van der Waals surface area contributed by atoms with E-state index in [-0.39, 0.29) is 17.1 Å². The average Bonchev–Trinajstić information content (AvgIpc) is 3.04. The molecule has 0 aliphatic heterocycles. The third-order valence-corrected chi connectivity index (χ3v) is 5.65. The molecule has 6 nitrogen and oxygen atoms in total. The highest BCUT2D eigenvalue weighted by molar-refractivity contribution is 7.17. The minimum atomic E-state index is -3.12. The highest BCUT2D eigenvalue weighted by Gasteiger charge is 2.28. The van der Waals surface area contributed by atoms with Gasteiger partial charge in [-0.05, 0) is 43.4 Å². The largest absolute Gasteiger partial charge is 0.493 e. The second kappa shape index (κ2) is 8.55. The van der Waals surface area contributed by atoms with Gasteiger partial charge in [0.05, 0.1) is 25.3 Å². The summed E-state index contributed by atoms with van der Waals surface area (Å²) in [6.45, 7) is -3.12. The summed E-state index contributed by atoms with van der Waals surface area (Å²) >= 11 is 1.31. The van der Waals surface area contributed by atoms with Gasteiger partial charge in [-0.15, -0.1) is 11.3 Å². The zero-order valence-electron chi connectivity index (χ0n) is 15.3. The Hall–Kier alpha value is -2.68. The number of carbonyl (C=O) groups excluding carboxylic acids is 2. The Morgan fingerprint density at radius 2 is 1.93 bits per heavy atom. The molecular formula is C19H19F2NO5S. The predicted octanol–water partition coefficient (Wildman–Crippen LogP) is 4.28. The van der Waals surface area contributed by atoms with Crippen LogP contribution in [0.4, 0.5) is 13.8 Å². The Morgan fingerprint density at radius 3 is 2.61 bits per heavy atom. The number of alkyl halides is 2. The zero-order valence-corrected chi connectivity index (χ0v) is 16.2. The van der Waals surface area contributed by atoms with Gasteiger partial charge in [0.25, 0.3) is 5.91 Å². The Kier molecular flexibility index (Phi) is 6.13. The lowest BCUT2D eigenvalue weighted by atomic mass is 9.95. The van der Waals surface area contributed by atoms with Gasteiger partial charge in [-0.25, -0.2) is 4.79 Å². The van der Waals surface area contributed by atoms with E-state index in [0.717, 1.165) is 36.1 Å². The number of fused-ring (bicyclic) bond motifs is 1. The lowest BCUT2D eigenvalue weighted by molar-refractivity contribution is -0.0515. The van der Waals surface area contributed by atoms with Gasteiger partial charge in [0, 0.05) is 4.88 Å². The van der Waals surface area contributed by atoms with E-state index in [1.54, 1.807) is 0 Å². The number of rotatable bonds is 6. The SMILES string of the molecule is COC(=O)c1c(NC(=O)c2cccc(OC)c2OC(F)F)sc2c1CCCC2. The van der Waals surface area contributed by atoms with Crippen molar-refractivity contribution < 1.29 is 32.6 Å². The van der Waals surface area contributed by atoms with E-state index >= 15 is 0 Å². The first-order valence-corrected chi connectivity index (χ1v) is 9.44. The van der Waals surface area contributed by atoms with Crippen LogP contribution in [0.25, 0.3) is 0 Å². The molecule has 0 radical (unpaired) electrons. The van der Waals surface area contributed by atoms with Crippen LogP contribution in [0.3, 0.4) is 0 Å². The molecule has 1 aromatic heterocycles. The number of esters is 1. The first-order chi connectivity index (χ1) is 13.5. The van der Waals surface area contributed by atoms with Crippen molar-refractivity contribution in [1.29, 1.82) is 0 Å². The monoisotopic (exact) mass is 411 g/mol. The second-order valence-corrected chi connectivity index (χ2v) is 7.18. The molecule has 2 aromatic rings. The standard InChI is InChI=1S/C19H19F2NO5S/c1-25-12-8-5-7-11(15(12)27-19(20)21)16(23)22-17-14(18(24)26-2)10-6-3-4-9-13(10)28-17/h5,7-8,19H,3-4,6,9H2,1-2H3,(H,22,23). The smallest absolute Gasteiger partial charge is 0.387 e. The summed E-state index contributed by atoms with van der Waals surface area (Å²) in [5, 5.41) is 3.00. The summed E-state index contributed by atoms with van der Waals surface area (Å²) in [7, 11) is 2.56. The Bertz CT molecular complexity index is 897. The third kappa shape index (κ3) is 3.94. The zero-order chi connectivity index (χ0) is 20.3. The maximum atomic E-state index is 12.8. The molecule has 28 heavy (non-hydrogen) atoms. The van der Waals surface area contributed by atoms with Crippen LogP contribution in [-0.4, -0.2) is 32.7 Å². The maximum Gasteiger partial charge on any atom is 0.387 e. The summed E-state index contributed by atoms with van der Waals surface area (Å²) < 4.78 is 40.0. The number of amides is 1. The minimum absolute atomic E-state index is 0.00613. The van der Waals surface area contributed by atoms with E-state index in [9.17, 15) is 18.4 Å². The number of halogens is 2. The molecule has 0 atom stereocenters. The highest BCUT2D eigenvalue weighted by Crippen LogP contribution is 2.39. The fourth-order valence-corrected chi connectivity index (χ4v) is 4.48. The van der Waals surface area contributed by atoms with E-state index < -0.39 is 18.5 Å². The van der Waals surface area contributed by atoms with Crippen LogP contribution in [0.1, 0.15) is 44.0 Å². The number of hydrogen-bond donors (Lipinski definition) is 1. The van der Waals surface area contributed by atoms with Crippen molar-refractivity contribution in [3.63, 3.8) is 0 Å². The summed E-state index contributed by atoms with van der Waals surface area (Å²) in [6, 6.07) is 4.26. The van der Waals surface area contributed by atoms with Crippen molar-refractivity contribution in [2.45, 2.75) is 32.3 Å². The molecule has 1 amide bonds. The fraction of sp³-hybridized carbons (Fsp3) is 0.368. The molecule has 1 heterocycles. The highest BCUT2D eigenvalue weighted by atomic mass is 32.1. The van der Waals surface area contributed by atoms with Crippen LogP contribution in [0, 0.1) is 0 Å². The van der Waals surface area contributed by atoms with Crippen molar-refractivity contribution in [3.05, 3.63) is 39.8 Å². The molecule has 150 valence electrons. The average molecular weight is 411 g/mol. The fourth-order valence-electron chi connectivity index (χ4n) is 3.21. The Labute approximate surface area is 164 Å². The van der Waals surface area contributed by atoms with E-state index in [0.29, 0.717) is 10.6 Å². The van der Waals surface area contributed by atoms with Gasteiger partial charge < -0.3 is 19.5 Å². The van der Waals surface area contributed by atoms with Gasteiger partial charge >= 0.3 is 12.6 Å². The molecule has 9 heteroatoms. The van der Waals surface area contributed by atoms with Crippen molar-refractivity contribution in [1.82, 2.24) is 0 Å². The van der Waals surface area contributed by atoms with Crippen molar-refractivity contribution in [2.75, 3.05) is 19.5 Å². The van der Waals surface area contributed by atoms with Crippen LogP contribution < -0.4 is 14.8 Å². The van der Waals surface area contributed by atoms with Crippen molar-refractivity contribution in [2.24, 2.45) is 0 Å². The Morgan fingerprint density at radius 1 is 1.18 bits per heavy atom. The molecule has 3 rings (SSSR count). The number of methoxy groups -OCH3 is 2. The third-order valence-electron chi connectivity index (χ3n) is 4.44. The summed E-state index contributed by atoms with van der Waals surface area (Å²) in [5.74, 6) is -1.58. The molecule has 0 bridgehead atoms. The first-order valence-electron chi connectivity index (χ1n) is 8.62. The number of para-hydroxylation sites is 1. The number of carbonyl (C=O) groups is 2. The molecular weight excluding hydrogens is 392 g/mol. The van der Waals surface area contributed by atoms with E-state index in [1.807, 2.05) is 0 Å². The van der Waals surface area contributed by atoms with Crippen LogP contribution >= 0.6 is 11.3 Å². The van der Waals surface area contributed by atoms with E-state index in [1.165, 1.54) is 43.8 Å². The molecule has 0 fully saturated rings. The topological polar surface area (TPSA) is 73.9 Å². The summed E-state index contributed by atoms with van der Waals surface area (Å²) in [4.78, 5) is 26.1. The van der Waals surface area contributed by atoms with Gasteiger partial charge in [-0.1, -0.05) is 6.07 Å². The first kappa shape index (κ1) is 20.1. The van der Waals surface area contributed by atoms with Crippen LogP contribution in [0.2, 0.25) is 0 Å². The minimum Gasteiger partial charge on any atom is -0.493 e. The van der Waals surface area contributed by atoms with Gasteiger partial charge in [0.15, 0.2) is 11.5 Å². The number of aryl methyl sites for hydroxylation is 1. The lowest BCUT2D eigenvalue weighted by Crippen LogP contribution is -2.17. The Balaban J connectivity index is 1.98. The van der Waals surface area contributed by atoms with Crippen LogP contribution in [0.5, 0.6) is 11.5 Å². The van der Waals surface area contributed by atoms with E-state index in [2.05, 4.69) is 10.1 Å². The molecule has 0 spiro atoms. The van der Waals surface area contributed by atoms with Crippen molar-refractivity contribution in [3.8, 4) is 11.5 Å². The number of ether oxygens (including phenoxy) is 3. The maximum absolute atomic E-state index is 12.8. The number of benzene rings is 1. The number of nitrogens with one attached hydrogen (secondary N) is 1. The van der Waals surface area contributed by atoms with E-state index in [4.69, 9.17) is 9.47 Å². The normalized spacial score (nSPS) is 13.0. The number of thiophene rings is 1. The van der Waals surface area contributed by atoms with Gasteiger partial charge in [0.1, 0.15) is 5.00 Å². The van der Waals surface area contributed by atoms with Gasteiger partial charge in [-0.2, -0.15) is 8.78 Å². The van der Waals surface area contributed by atoms with Crippen molar-refractivity contribution >= 4 is 28.2 Å². The van der Waals surface area contributed by atoms with Gasteiger partial charge in [0.2, 0.25) is 0 Å². The molecule has 0 saturated heterocycles. The quantitative estimate of drug-likeness (QED) is 0.719. The molecule has 1 N–H and O–H groups in total. The molecule has 0 saturated carbocycles. The lowest BCUT2D eigenvalue weighted by Gasteiger charge is -2.14. The van der Waals surface area contributed by atoms with Crippen LogP contribution in [-0.2, 0) is 17.6 Å². The predicted molar refractivity (Wildman–Crippen MR) is 99.9 cm³/mol. The molecule has 0 unspecified atom stereocenters. The second-order valence-electron chi connectivity index (χ2n) is 6.08. The number of anilines is 1. The summed E-state index contributed by atoms with van der Waals surface area (Å²) in [5.41, 5.74) is 1.09. The van der Waals surface area contributed by atoms with Gasteiger partial charge in [-0.3, -0.25) is 4.79 Å². The summed E-state index contributed by atoms with van der Waals surface area (Å²) in [6.07, 6.45) is 3.50.